The molecule has 2 aromatic carbocycles. The van der Waals surface area contributed by atoms with Gasteiger partial charge in [0.2, 0.25) is 15.9 Å². The summed E-state index contributed by atoms with van der Waals surface area (Å²) in [4.78, 5) is 35.9. The zero-order valence-corrected chi connectivity index (χ0v) is 19.5. The molecular weight excluding hydrogens is 487 g/mol. The summed E-state index contributed by atoms with van der Waals surface area (Å²) in [6.45, 7) is 1.21. The molecule has 0 aliphatic carbocycles. The number of carbonyl (C=O) groups excluding carboxylic acids is 3. The van der Waals surface area contributed by atoms with E-state index in [-0.39, 0.29) is 11.3 Å². The Balaban J connectivity index is 1.85. The van der Waals surface area contributed by atoms with Crippen molar-refractivity contribution in [3.63, 3.8) is 0 Å². The van der Waals surface area contributed by atoms with Crippen molar-refractivity contribution in [3.05, 3.63) is 65.7 Å². The predicted molar refractivity (Wildman–Crippen MR) is 120 cm³/mol. The van der Waals surface area contributed by atoms with Crippen molar-refractivity contribution in [1.82, 2.24) is 14.9 Å². The summed E-state index contributed by atoms with van der Waals surface area (Å²) in [5, 5.41) is 4.23. The van der Waals surface area contributed by atoms with Gasteiger partial charge in [-0.15, -0.1) is 0 Å². The van der Waals surface area contributed by atoms with Crippen LogP contribution in [0.3, 0.4) is 0 Å². The molecule has 12 heteroatoms. The number of nitrogens with zero attached hydrogens (tertiary/aromatic N) is 1. The molecule has 0 spiro atoms. The molecule has 1 saturated heterocycles. The third-order valence-electron chi connectivity index (χ3n) is 5.57. The van der Waals surface area contributed by atoms with Crippen molar-refractivity contribution in [3.8, 4) is 0 Å². The first-order valence-corrected chi connectivity index (χ1v) is 12.1. The Morgan fingerprint density at radius 1 is 1.11 bits per heavy atom. The van der Waals surface area contributed by atoms with Crippen LogP contribution in [0.1, 0.15) is 17.5 Å². The highest BCUT2D eigenvalue weighted by molar-refractivity contribution is 7.89. The molecule has 3 atom stereocenters. The second kappa shape index (κ2) is 10.6. The molecule has 1 heterocycles. The first-order chi connectivity index (χ1) is 16.4. The van der Waals surface area contributed by atoms with E-state index in [2.05, 4.69) is 5.32 Å². The van der Waals surface area contributed by atoms with E-state index in [1.165, 1.54) is 12.1 Å². The Hall–Kier alpha value is -3.25. The first kappa shape index (κ1) is 26.4. The smallest absolute Gasteiger partial charge is 0.345 e. The highest BCUT2D eigenvalue weighted by atomic mass is 32.2. The quantitative estimate of drug-likeness (QED) is 0.525. The number of amides is 2. The van der Waals surface area contributed by atoms with Crippen LogP contribution in [0.25, 0.3) is 0 Å². The lowest BCUT2D eigenvalue weighted by atomic mass is 10.1. The molecule has 3 rings (SSSR count). The Morgan fingerprint density at radius 3 is 2.31 bits per heavy atom. The lowest BCUT2D eigenvalue weighted by Crippen LogP contribution is -2.49. The molecule has 8 nitrogen and oxygen atoms in total. The Morgan fingerprint density at radius 2 is 1.74 bits per heavy atom. The average Bonchev–Trinajstić information content (AvgIpc) is 3.24. The van der Waals surface area contributed by atoms with E-state index in [1.54, 1.807) is 54.7 Å². The maximum atomic E-state index is 13.3. The minimum atomic E-state index is -5.17. The fraction of sp³-hybridized carbons (Fsp3) is 0.348. The molecule has 1 aliphatic rings. The van der Waals surface area contributed by atoms with E-state index in [0.717, 1.165) is 15.4 Å². The molecule has 188 valence electrons. The average molecular weight is 512 g/mol. The number of hydrogen-bond acceptors (Lipinski definition) is 5. The molecule has 0 saturated carbocycles. The summed E-state index contributed by atoms with van der Waals surface area (Å²) in [5.41, 5.74) is 1.53. The highest BCUT2D eigenvalue weighted by Gasteiger charge is 2.47. The third-order valence-corrected chi connectivity index (χ3v) is 7.46. The van der Waals surface area contributed by atoms with E-state index in [9.17, 15) is 36.0 Å². The van der Waals surface area contributed by atoms with Gasteiger partial charge < -0.3 is 15.4 Å². The van der Waals surface area contributed by atoms with Gasteiger partial charge in [-0.05, 0) is 37.5 Å². The SMILES string of the molecule is Cc1ccc(S(=O)(=O)N2C[C@H](NC(=O)C(F)(F)F)C[C@H]2C(=O)N[C@H](C=O)Cc2ccccc2)cc1. The summed E-state index contributed by atoms with van der Waals surface area (Å²) in [6.07, 6.45) is -4.92. The Kier molecular flexibility index (Phi) is 7.96. The van der Waals surface area contributed by atoms with Gasteiger partial charge in [0, 0.05) is 12.6 Å². The maximum absolute atomic E-state index is 13.3. The van der Waals surface area contributed by atoms with E-state index in [1.807, 2.05) is 0 Å². The van der Waals surface area contributed by atoms with Gasteiger partial charge in [0.15, 0.2) is 0 Å². The lowest BCUT2D eigenvalue weighted by Gasteiger charge is -2.24. The lowest BCUT2D eigenvalue weighted by molar-refractivity contribution is -0.174. The molecule has 0 aromatic heterocycles. The number of aryl methyl sites for hydroxylation is 1. The number of halogens is 3. The van der Waals surface area contributed by atoms with Gasteiger partial charge in [0.25, 0.3) is 0 Å². The number of carbonyl (C=O) groups is 3. The van der Waals surface area contributed by atoms with E-state index >= 15 is 0 Å². The van der Waals surface area contributed by atoms with Gasteiger partial charge in [-0.25, -0.2) is 8.42 Å². The molecule has 2 N–H and O–H groups in total. The minimum Gasteiger partial charge on any atom is -0.345 e. The van der Waals surface area contributed by atoms with Crippen LogP contribution >= 0.6 is 0 Å². The number of hydrogen-bond donors (Lipinski definition) is 2. The Labute approximate surface area is 200 Å². The van der Waals surface area contributed by atoms with Crippen LogP contribution in [0.15, 0.2) is 59.5 Å². The molecule has 1 aliphatic heterocycles. The molecule has 2 aromatic rings. The van der Waals surface area contributed by atoms with Crippen LogP contribution in [0.4, 0.5) is 13.2 Å². The Bertz CT molecular complexity index is 1170. The van der Waals surface area contributed by atoms with Gasteiger partial charge in [-0.3, -0.25) is 9.59 Å². The highest BCUT2D eigenvalue weighted by Crippen LogP contribution is 2.28. The summed E-state index contributed by atoms with van der Waals surface area (Å²) < 4.78 is 65.6. The zero-order chi connectivity index (χ0) is 25.8. The topological polar surface area (TPSA) is 113 Å². The summed E-state index contributed by atoms with van der Waals surface area (Å²) in [7, 11) is -4.30. The van der Waals surface area contributed by atoms with Gasteiger partial charge in [-0.1, -0.05) is 48.0 Å². The number of sulfonamides is 1. The van der Waals surface area contributed by atoms with Crippen LogP contribution < -0.4 is 10.6 Å². The second-order valence-corrected chi connectivity index (χ2v) is 10.1. The molecule has 2 amide bonds. The summed E-state index contributed by atoms with van der Waals surface area (Å²) in [6, 6.07) is 10.8. The second-order valence-electron chi connectivity index (χ2n) is 8.25. The normalized spacial score (nSPS) is 19.7. The fourth-order valence-corrected chi connectivity index (χ4v) is 5.45. The van der Waals surface area contributed by atoms with E-state index in [0.29, 0.717) is 6.29 Å². The maximum Gasteiger partial charge on any atom is 0.471 e. The molecule has 35 heavy (non-hydrogen) atoms. The molecule has 1 fully saturated rings. The standard InChI is InChI=1S/C23H24F3N3O5S/c1-15-7-9-19(10-8-15)35(33,34)29-13-17(28-22(32)23(24,25)26)12-20(29)21(31)27-18(14-30)11-16-5-3-2-4-6-16/h2-10,14,17-18,20H,11-13H2,1H3,(H,27,31)(H,28,32)/t17-,18+,20+/m1/s1. The van der Waals surface area contributed by atoms with Crippen LogP contribution in [0.2, 0.25) is 0 Å². The number of benzene rings is 2. The number of alkyl halides is 3. The number of aldehydes is 1. The predicted octanol–water partition coefficient (Wildman–Crippen LogP) is 1.73. The van der Waals surface area contributed by atoms with Crippen LogP contribution in [-0.4, -0.2) is 61.7 Å². The van der Waals surface area contributed by atoms with Crippen molar-refractivity contribution in [2.45, 2.75) is 49.0 Å². The zero-order valence-electron chi connectivity index (χ0n) is 18.7. The fourth-order valence-electron chi connectivity index (χ4n) is 3.81. The van der Waals surface area contributed by atoms with Crippen molar-refractivity contribution < 1.29 is 36.0 Å². The first-order valence-electron chi connectivity index (χ1n) is 10.7. The minimum absolute atomic E-state index is 0.141. The van der Waals surface area contributed by atoms with Crippen LogP contribution in [0.5, 0.6) is 0 Å². The largest absolute Gasteiger partial charge is 0.471 e. The summed E-state index contributed by atoms with van der Waals surface area (Å²) in [5.74, 6) is -3.08. The number of nitrogens with one attached hydrogen (secondary N) is 2. The van der Waals surface area contributed by atoms with Gasteiger partial charge in [0.1, 0.15) is 12.3 Å². The van der Waals surface area contributed by atoms with Crippen molar-refractivity contribution in [1.29, 1.82) is 0 Å². The van der Waals surface area contributed by atoms with Crippen molar-refractivity contribution >= 4 is 28.1 Å². The van der Waals surface area contributed by atoms with E-state index < -0.39 is 59.1 Å². The van der Waals surface area contributed by atoms with Crippen molar-refractivity contribution in [2.24, 2.45) is 0 Å². The van der Waals surface area contributed by atoms with Crippen LogP contribution in [0, 0.1) is 6.92 Å². The van der Waals surface area contributed by atoms with Gasteiger partial charge in [0.05, 0.1) is 10.9 Å². The third kappa shape index (κ3) is 6.45. The van der Waals surface area contributed by atoms with Gasteiger partial charge >= 0.3 is 12.1 Å². The monoisotopic (exact) mass is 511 g/mol. The van der Waals surface area contributed by atoms with Gasteiger partial charge in [-0.2, -0.15) is 17.5 Å². The molecule has 0 unspecified atom stereocenters. The molecule has 0 radical (unpaired) electrons. The van der Waals surface area contributed by atoms with Crippen LogP contribution in [-0.2, 0) is 30.8 Å². The number of rotatable bonds is 8. The molecular formula is C23H24F3N3O5S. The molecule has 0 bridgehead atoms. The summed E-state index contributed by atoms with van der Waals surface area (Å²) >= 11 is 0. The van der Waals surface area contributed by atoms with Crippen molar-refractivity contribution in [2.75, 3.05) is 6.54 Å². The van der Waals surface area contributed by atoms with E-state index in [4.69, 9.17) is 0 Å².